The van der Waals surface area contributed by atoms with Crippen molar-refractivity contribution in [3.8, 4) is 0 Å². The number of carbonyl (C=O) groups is 3. The highest BCUT2D eigenvalue weighted by molar-refractivity contribution is 6.00. The first-order valence-corrected chi connectivity index (χ1v) is 11.6. The maximum absolute atomic E-state index is 13.4. The van der Waals surface area contributed by atoms with Crippen molar-refractivity contribution >= 4 is 29.4 Å². The maximum Gasteiger partial charge on any atom is 0.338 e. The molecule has 3 rings (SSSR count). The lowest BCUT2D eigenvalue weighted by molar-refractivity contribution is -0.143. The predicted octanol–water partition coefficient (Wildman–Crippen LogP) is 5.56. The molecule has 2 aromatic rings. The van der Waals surface area contributed by atoms with Crippen molar-refractivity contribution in [1.29, 1.82) is 0 Å². The molecule has 0 aromatic heterocycles. The topological polar surface area (TPSA) is 99.8 Å². The summed E-state index contributed by atoms with van der Waals surface area (Å²) in [5, 5.41) is 8.18. The third-order valence-corrected chi connectivity index (χ3v) is 5.45. The number of benzene rings is 2. The molecule has 0 spiro atoms. The van der Waals surface area contributed by atoms with E-state index < -0.39 is 23.9 Å². The zero-order valence-corrected chi connectivity index (χ0v) is 20.4. The summed E-state index contributed by atoms with van der Waals surface area (Å²) in [6.45, 7) is 7.79. The molecular weight excluding hydrogens is 451 g/mol. The van der Waals surface area contributed by atoms with Gasteiger partial charge < -0.3 is 20.7 Å². The van der Waals surface area contributed by atoms with Crippen LogP contribution in [0.3, 0.4) is 0 Å². The summed E-state index contributed by atoms with van der Waals surface area (Å²) >= 11 is 0. The molecule has 0 saturated carbocycles. The highest BCUT2D eigenvalue weighted by Crippen LogP contribution is 2.33. The molecule has 1 aliphatic rings. The van der Waals surface area contributed by atoms with Gasteiger partial charge in [0.05, 0.1) is 17.7 Å². The highest BCUT2D eigenvalue weighted by Gasteiger charge is 2.36. The van der Waals surface area contributed by atoms with E-state index in [0.29, 0.717) is 34.8 Å². The zero-order chi connectivity index (χ0) is 25.5. The molecule has 186 valence electrons. The van der Waals surface area contributed by atoms with E-state index in [1.807, 2.05) is 6.92 Å². The Morgan fingerprint density at radius 3 is 2.40 bits per heavy atom. The Morgan fingerprint density at radius 1 is 1.11 bits per heavy atom. The first-order chi connectivity index (χ1) is 16.7. The molecule has 1 unspecified atom stereocenters. The summed E-state index contributed by atoms with van der Waals surface area (Å²) in [6.07, 6.45) is 1.36. The van der Waals surface area contributed by atoms with Crippen LogP contribution in [0.5, 0.6) is 0 Å². The Bertz CT molecular complexity index is 1130. The monoisotopic (exact) mass is 482 g/mol. The summed E-state index contributed by atoms with van der Waals surface area (Å²) in [7, 11) is 0. The fourth-order valence-corrected chi connectivity index (χ4v) is 3.81. The largest absolute Gasteiger partial charge is 0.459 e. The lowest BCUT2D eigenvalue weighted by atomic mass is 9.94. The minimum atomic E-state index is -0.750. The Hall–Kier alpha value is -3.88. The second-order valence-electron chi connectivity index (χ2n) is 8.56. The van der Waals surface area contributed by atoms with Crippen LogP contribution < -0.4 is 16.0 Å². The van der Waals surface area contributed by atoms with Crippen LogP contribution in [0.15, 0.2) is 59.8 Å². The molecule has 1 atom stereocenters. The minimum absolute atomic E-state index is 0.302. The van der Waals surface area contributed by atoms with Gasteiger partial charge in [-0.05, 0) is 63.1 Å². The van der Waals surface area contributed by atoms with E-state index in [1.54, 1.807) is 56.0 Å². The van der Waals surface area contributed by atoms with Crippen LogP contribution in [0.2, 0.25) is 0 Å². The standard InChI is InChI=1S/C26H31FN4O4/c1-5-6-13-31-17(4)22(24(32)35-16(2)3)23(30-26(31)34)18-9-7-11-20(14-18)28-25(33)29-21-12-8-10-19(27)15-21/h7-12,14-16,23H,5-6,13H2,1-4H3,(H,30,34)(H2,28,29,33). The van der Waals surface area contributed by atoms with Gasteiger partial charge in [0, 0.05) is 23.6 Å². The lowest BCUT2D eigenvalue weighted by Gasteiger charge is -2.35. The first-order valence-electron chi connectivity index (χ1n) is 11.6. The second kappa shape index (κ2) is 11.5. The van der Waals surface area contributed by atoms with Gasteiger partial charge in [0.2, 0.25) is 0 Å². The van der Waals surface area contributed by atoms with Crippen LogP contribution in [-0.4, -0.2) is 35.6 Å². The van der Waals surface area contributed by atoms with Crippen LogP contribution in [0.1, 0.15) is 52.1 Å². The number of amides is 4. The number of rotatable bonds is 8. The molecule has 0 aliphatic carbocycles. The Balaban J connectivity index is 1.88. The van der Waals surface area contributed by atoms with Gasteiger partial charge in [0.15, 0.2) is 0 Å². The molecular formula is C26H31FN4O4. The zero-order valence-electron chi connectivity index (χ0n) is 20.4. The Morgan fingerprint density at radius 2 is 1.77 bits per heavy atom. The van der Waals surface area contributed by atoms with Gasteiger partial charge in [-0.3, -0.25) is 4.90 Å². The molecule has 0 radical (unpaired) electrons. The van der Waals surface area contributed by atoms with Gasteiger partial charge in [0.1, 0.15) is 5.82 Å². The molecule has 1 aliphatic heterocycles. The molecule has 8 nitrogen and oxygen atoms in total. The number of halogens is 1. The molecule has 3 N–H and O–H groups in total. The maximum atomic E-state index is 13.4. The molecule has 0 saturated heterocycles. The molecule has 4 amide bonds. The summed E-state index contributed by atoms with van der Waals surface area (Å²) in [5.41, 5.74) is 2.24. The number of hydrogen-bond acceptors (Lipinski definition) is 4. The Kier molecular flexibility index (Phi) is 8.46. The van der Waals surface area contributed by atoms with E-state index in [2.05, 4.69) is 16.0 Å². The number of hydrogen-bond donors (Lipinski definition) is 3. The van der Waals surface area contributed by atoms with E-state index >= 15 is 0 Å². The Labute approximate surface area is 204 Å². The summed E-state index contributed by atoms with van der Waals surface area (Å²) in [5.74, 6) is -0.972. The van der Waals surface area contributed by atoms with Crippen LogP contribution in [0.4, 0.5) is 25.4 Å². The van der Waals surface area contributed by atoms with Crippen molar-refractivity contribution in [2.45, 2.75) is 52.7 Å². The average molecular weight is 483 g/mol. The number of nitrogens with zero attached hydrogens (tertiary/aromatic N) is 1. The predicted molar refractivity (Wildman–Crippen MR) is 132 cm³/mol. The van der Waals surface area contributed by atoms with E-state index in [4.69, 9.17) is 4.74 Å². The van der Waals surface area contributed by atoms with Crippen LogP contribution in [0.25, 0.3) is 0 Å². The van der Waals surface area contributed by atoms with Gasteiger partial charge in [-0.2, -0.15) is 0 Å². The van der Waals surface area contributed by atoms with Crippen LogP contribution in [-0.2, 0) is 9.53 Å². The molecule has 1 heterocycles. The van der Waals surface area contributed by atoms with Crippen molar-refractivity contribution in [3.05, 3.63) is 71.2 Å². The number of anilines is 2. The van der Waals surface area contributed by atoms with Gasteiger partial charge in [-0.1, -0.05) is 31.5 Å². The van der Waals surface area contributed by atoms with E-state index in [-0.39, 0.29) is 12.1 Å². The van der Waals surface area contributed by atoms with Crippen LogP contribution in [0, 0.1) is 5.82 Å². The number of ether oxygens (including phenoxy) is 1. The molecule has 0 fully saturated rings. The third-order valence-electron chi connectivity index (χ3n) is 5.45. The smallest absolute Gasteiger partial charge is 0.338 e. The third kappa shape index (κ3) is 6.59. The number of carbonyl (C=O) groups excluding carboxylic acids is 3. The normalized spacial score (nSPS) is 15.7. The molecule has 35 heavy (non-hydrogen) atoms. The van der Waals surface area contributed by atoms with E-state index in [1.165, 1.54) is 18.2 Å². The SMILES string of the molecule is CCCCN1C(=O)NC(c2cccc(NC(=O)Nc3cccc(F)c3)c2)C(C(=O)OC(C)C)=C1C. The number of urea groups is 2. The van der Waals surface area contributed by atoms with Gasteiger partial charge in [-0.15, -0.1) is 0 Å². The van der Waals surface area contributed by atoms with Crippen molar-refractivity contribution < 1.29 is 23.5 Å². The highest BCUT2D eigenvalue weighted by atomic mass is 19.1. The number of allylic oxidation sites excluding steroid dienone is 1. The number of unbranched alkanes of at least 4 members (excludes halogenated alkanes) is 1. The van der Waals surface area contributed by atoms with Gasteiger partial charge >= 0.3 is 18.0 Å². The van der Waals surface area contributed by atoms with E-state index in [9.17, 15) is 18.8 Å². The van der Waals surface area contributed by atoms with Crippen molar-refractivity contribution in [2.75, 3.05) is 17.2 Å². The number of esters is 1. The van der Waals surface area contributed by atoms with E-state index in [0.717, 1.165) is 12.8 Å². The molecule has 2 aromatic carbocycles. The molecule has 9 heteroatoms. The quantitative estimate of drug-likeness (QED) is 0.429. The van der Waals surface area contributed by atoms with Crippen molar-refractivity contribution in [2.24, 2.45) is 0 Å². The summed E-state index contributed by atoms with van der Waals surface area (Å²) < 4.78 is 18.9. The fraction of sp³-hybridized carbons (Fsp3) is 0.346. The van der Waals surface area contributed by atoms with Crippen molar-refractivity contribution in [3.63, 3.8) is 0 Å². The minimum Gasteiger partial charge on any atom is -0.459 e. The summed E-state index contributed by atoms with van der Waals surface area (Å²) in [6, 6.07) is 10.8. The lowest BCUT2D eigenvalue weighted by Crippen LogP contribution is -2.48. The number of nitrogens with one attached hydrogen (secondary N) is 3. The fourth-order valence-electron chi connectivity index (χ4n) is 3.81. The first kappa shape index (κ1) is 25.7. The second-order valence-corrected chi connectivity index (χ2v) is 8.56. The van der Waals surface area contributed by atoms with Gasteiger partial charge in [0.25, 0.3) is 0 Å². The van der Waals surface area contributed by atoms with Crippen molar-refractivity contribution in [1.82, 2.24) is 10.2 Å². The van der Waals surface area contributed by atoms with Gasteiger partial charge in [-0.25, -0.2) is 18.8 Å². The average Bonchev–Trinajstić information content (AvgIpc) is 2.78. The van der Waals surface area contributed by atoms with Crippen LogP contribution >= 0.6 is 0 Å². The molecule has 0 bridgehead atoms. The summed E-state index contributed by atoms with van der Waals surface area (Å²) in [4.78, 5) is 39.9.